The van der Waals surface area contributed by atoms with Crippen LogP contribution in [0.25, 0.3) is 0 Å². The fraction of sp³-hybridized carbons (Fsp3) is 0.632. The first-order valence-corrected chi connectivity index (χ1v) is 9.03. The quantitative estimate of drug-likeness (QED) is 0.809. The van der Waals surface area contributed by atoms with Gasteiger partial charge in [0.15, 0.2) is 0 Å². The normalized spacial score (nSPS) is 18.0. The second kappa shape index (κ2) is 8.23. The van der Waals surface area contributed by atoms with Crippen LogP contribution >= 0.6 is 0 Å². The van der Waals surface area contributed by atoms with Gasteiger partial charge in [-0.1, -0.05) is 13.8 Å². The van der Waals surface area contributed by atoms with Gasteiger partial charge in [-0.3, -0.25) is 4.79 Å². The molecule has 2 rings (SSSR count). The van der Waals surface area contributed by atoms with Crippen LogP contribution in [-0.4, -0.2) is 36.5 Å². The van der Waals surface area contributed by atoms with Gasteiger partial charge in [0.1, 0.15) is 0 Å². The van der Waals surface area contributed by atoms with Crippen molar-refractivity contribution in [1.29, 1.82) is 0 Å². The average molecular weight is 317 g/mol. The molecule has 1 aromatic rings. The third-order valence-electron chi connectivity index (χ3n) is 4.64. The number of hydrogen-bond acceptors (Lipinski definition) is 3. The Morgan fingerprint density at radius 3 is 2.57 bits per heavy atom. The molecule has 4 heteroatoms. The highest BCUT2D eigenvalue weighted by Gasteiger charge is 2.27. The molecule has 2 N–H and O–H groups in total. The lowest BCUT2D eigenvalue weighted by Crippen LogP contribution is -2.42. The second-order valence-corrected chi connectivity index (χ2v) is 6.61. The molecule has 1 atom stereocenters. The highest BCUT2D eigenvalue weighted by molar-refractivity contribution is 6.01. The number of hydrogen-bond donors (Lipinski definition) is 1. The number of rotatable bonds is 6. The van der Waals surface area contributed by atoms with Crippen LogP contribution in [0.4, 0.5) is 11.4 Å². The van der Waals surface area contributed by atoms with Gasteiger partial charge >= 0.3 is 0 Å². The van der Waals surface area contributed by atoms with Crippen LogP contribution in [0.3, 0.4) is 0 Å². The predicted molar refractivity (Wildman–Crippen MR) is 98.0 cm³/mol. The van der Waals surface area contributed by atoms with Crippen LogP contribution in [0.15, 0.2) is 18.2 Å². The zero-order valence-electron chi connectivity index (χ0n) is 14.8. The molecular formula is C19H31N3O. The molecule has 1 amide bonds. The van der Waals surface area contributed by atoms with E-state index in [1.807, 2.05) is 23.1 Å². The fourth-order valence-corrected chi connectivity index (χ4v) is 3.45. The maximum Gasteiger partial charge on any atom is 0.256 e. The number of nitrogens with zero attached hydrogens (tertiary/aromatic N) is 2. The smallest absolute Gasteiger partial charge is 0.256 e. The van der Waals surface area contributed by atoms with Crippen LogP contribution in [-0.2, 0) is 0 Å². The van der Waals surface area contributed by atoms with Crippen LogP contribution in [0, 0.1) is 0 Å². The number of carbonyl (C=O) groups is 1. The summed E-state index contributed by atoms with van der Waals surface area (Å²) in [5.74, 6) is 0.136. The predicted octanol–water partition coefficient (Wildman–Crippen LogP) is 3.91. The molecule has 1 aromatic carbocycles. The number of likely N-dealkylation sites (tertiary alicyclic amines) is 1. The van der Waals surface area contributed by atoms with Crippen molar-refractivity contribution in [3.05, 3.63) is 23.8 Å². The van der Waals surface area contributed by atoms with E-state index in [1.165, 1.54) is 6.42 Å². The largest absolute Gasteiger partial charge is 0.399 e. The summed E-state index contributed by atoms with van der Waals surface area (Å²) in [6, 6.07) is 6.10. The fourth-order valence-electron chi connectivity index (χ4n) is 3.45. The summed E-state index contributed by atoms with van der Waals surface area (Å²) < 4.78 is 0. The Labute approximate surface area is 140 Å². The van der Waals surface area contributed by atoms with E-state index < -0.39 is 0 Å². The van der Waals surface area contributed by atoms with E-state index in [9.17, 15) is 4.79 Å². The summed E-state index contributed by atoms with van der Waals surface area (Å²) in [6.07, 6.45) is 5.54. The van der Waals surface area contributed by atoms with Crippen molar-refractivity contribution in [1.82, 2.24) is 4.90 Å². The topological polar surface area (TPSA) is 49.6 Å². The highest BCUT2D eigenvalue weighted by atomic mass is 16.2. The molecule has 0 aromatic heterocycles. The number of carbonyl (C=O) groups excluding carboxylic acids is 1. The monoisotopic (exact) mass is 317 g/mol. The zero-order valence-corrected chi connectivity index (χ0v) is 14.8. The first-order chi connectivity index (χ1) is 11.1. The van der Waals surface area contributed by atoms with Crippen LogP contribution < -0.4 is 10.6 Å². The number of nitrogens with two attached hydrogens (primary N) is 1. The summed E-state index contributed by atoms with van der Waals surface area (Å²) in [5, 5.41) is 0. The molecule has 0 radical (unpaired) electrons. The molecule has 4 nitrogen and oxygen atoms in total. The van der Waals surface area contributed by atoms with Gasteiger partial charge in [-0.15, -0.1) is 0 Å². The number of amides is 1. The van der Waals surface area contributed by atoms with Crippen molar-refractivity contribution in [3.63, 3.8) is 0 Å². The molecule has 0 saturated carbocycles. The number of nitrogen functional groups attached to an aromatic ring is 1. The summed E-state index contributed by atoms with van der Waals surface area (Å²) >= 11 is 0. The minimum absolute atomic E-state index is 0.136. The average Bonchev–Trinajstić information content (AvgIpc) is 2.54. The van der Waals surface area contributed by atoms with E-state index in [4.69, 9.17) is 5.73 Å². The summed E-state index contributed by atoms with van der Waals surface area (Å²) in [7, 11) is 0. The van der Waals surface area contributed by atoms with Gasteiger partial charge in [-0.25, -0.2) is 0 Å². The summed E-state index contributed by atoms with van der Waals surface area (Å²) in [6.45, 7) is 9.29. The standard InChI is InChI=1S/C19H31N3O/c1-4-11-21(12-5-2)18-10-9-16(20)14-17(18)19(23)22-13-7-6-8-15(22)3/h9-10,14-15H,4-8,11-13,20H2,1-3H3. The Kier molecular flexibility index (Phi) is 6.31. The molecular weight excluding hydrogens is 286 g/mol. The van der Waals surface area contributed by atoms with Crippen LogP contribution in [0.5, 0.6) is 0 Å². The molecule has 23 heavy (non-hydrogen) atoms. The number of piperidine rings is 1. The van der Waals surface area contributed by atoms with Crippen LogP contribution in [0.2, 0.25) is 0 Å². The molecule has 1 fully saturated rings. The minimum atomic E-state index is 0.136. The van der Waals surface area contributed by atoms with E-state index in [0.717, 1.165) is 56.6 Å². The minimum Gasteiger partial charge on any atom is -0.399 e. The first kappa shape index (κ1) is 17.6. The van der Waals surface area contributed by atoms with Gasteiger partial charge in [-0.05, 0) is 57.2 Å². The van der Waals surface area contributed by atoms with Gasteiger partial charge in [0, 0.05) is 37.1 Å². The lowest BCUT2D eigenvalue weighted by molar-refractivity contribution is 0.0636. The highest BCUT2D eigenvalue weighted by Crippen LogP contribution is 2.28. The molecule has 0 spiro atoms. The van der Waals surface area contributed by atoms with E-state index in [0.29, 0.717) is 11.7 Å². The Balaban J connectivity index is 2.35. The van der Waals surface area contributed by atoms with E-state index in [1.54, 1.807) is 0 Å². The van der Waals surface area contributed by atoms with Crippen LogP contribution in [0.1, 0.15) is 63.2 Å². The third-order valence-corrected chi connectivity index (χ3v) is 4.64. The number of anilines is 2. The zero-order chi connectivity index (χ0) is 16.8. The maximum absolute atomic E-state index is 13.1. The van der Waals surface area contributed by atoms with E-state index in [2.05, 4.69) is 25.7 Å². The Morgan fingerprint density at radius 1 is 1.26 bits per heavy atom. The second-order valence-electron chi connectivity index (χ2n) is 6.61. The number of benzene rings is 1. The molecule has 0 aliphatic carbocycles. The summed E-state index contributed by atoms with van der Waals surface area (Å²) in [5.41, 5.74) is 8.45. The van der Waals surface area contributed by atoms with Gasteiger partial charge in [0.05, 0.1) is 5.56 Å². The lowest BCUT2D eigenvalue weighted by atomic mass is 10.0. The van der Waals surface area contributed by atoms with Crippen molar-refractivity contribution < 1.29 is 4.79 Å². The van der Waals surface area contributed by atoms with E-state index >= 15 is 0 Å². The van der Waals surface area contributed by atoms with Crippen molar-refractivity contribution in [2.45, 2.75) is 58.9 Å². The van der Waals surface area contributed by atoms with Crippen molar-refractivity contribution in [3.8, 4) is 0 Å². The lowest BCUT2D eigenvalue weighted by Gasteiger charge is -2.35. The molecule has 1 heterocycles. The van der Waals surface area contributed by atoms with Gasteiger partial charge in [-0.2, -0.15) is 0 Å². The summed E-state index contributed by atoms with van der Waals surface area (Å²) in [4.78, 5) is 17.5. The Morgan fingerprint density at radius 2 is 1.96 bits per heavy atom. The first-order valence-electron chi connectivity index (χ1n) is 9.03. The van der Waals surface area contributed by atoms with Gasteiger partial charge in [0.25, 0.3) is 5.91 Å². The molecule has 1 aliphatic rings. The molecule has 1 saturated heterocycles. The maximum atomic E-state index is 13.1. The molecule has 0 bridgehead atoms. The van der Waals surface area contributed by atoms with Crippen molar-refractivity contribution in [2.24, 2.45) is 0 Å². The van der Waals surface area contributed by atoms with Gasteiger partial charge in [0.2, 0.25) is 0 Å². The third kappa shape index (κ3) is 4.18. The SMILES string of the molecule is CCCN(CCC)c1ccc(N)cc1C(=O)N1CCCCC1C. The molecule has 1 aliphatic heterocycles. The van der Waals surface area contributed by atoms with Crippen molar-refractivity contribution >= 4 is 17.3 Å². The van der Waals surface area contributed by atoms with E-state index in [-0.39, 0.29) is 5.91 Å². The Hall–Kier alpha value is -1.71. The Bertz CT molecular complexity index is 523. The van der Waals surface area contributed by atoms with Gasteiger partial charge < -0.3 is 15.5 Å². The molecule has 1 unspecified atom stereocenters. The molecule has 128 valence electrons. The van der Waals surface area contributed by atoms with Crippen molar-refractivity contribution in [2.75, 3.05) is 30.3 Å².